The van der Waals surface area contributed by atoms with Crippen molar-refractivity contribution in [3.63, 3.8) is 0 Å². The number of aromatic amines is 1. The zero-order valence-corrected chi connectivity index (χ0v) is 7.57. The number of nitrogen functional groups attached to an aromatic ring is 1. The van der Waals surface area contributed by atoms with E-state index in [1.165, 1.54) is 0 Å². The summed E-state index contributed by atoms with van der Waals surface area (Å²) < 4.78 is 0. The highest BCUT2D eigenvalue weighted by molar-refractivity contribution is 5.91. The second-order valence-corrected chi connectivity index (χ2v) is 3.04. The lowest BCUT2D eigenvalue weighted by molar-refractivity contribution is 0.471. The maximum absolute atomic E-state index is 8.58. The normalized spacial score (nSPS) is 11.4. The summed E-state index contributed by atoms with van der Waals surface area (Å²) in [6.07, 6.45) is 3.36. The maximum Gasteiger partial charge on any atom is 0.153 e. The predicted molar refractivity (Wildman–Crippen MR) is 56.0 cm³/mol. The largest absolute Gasteiger partial charge is 0.516 e. The van der Waals surface area contributed by atoms with Crippen LogP contribution in [-0.2, 0) is 6.42 Å². The van der Waals surface area contributed by atoms with Crippen LogP contribution in [0.25, 0.3) is 10.9 Å². The van der Waals surface area contributed by atoms with Crippen LogP contribution < -0.4 is 5.73 Å². The first-order chi connectivity index (χ1) is 6.83. The number of allylic oxidation sites excluding steroid dienone is 1. The first-order valence-electron chi connectivity index (χ1n) is 4.33. The predicted octanol–water partition coefficient (Wildman–Crippen LogP) is 1.76. The number of anilines is 1. The third kappa shape index (κ3) is 1.31. The number of benzene rings is 1. The van der Waals surface area contributed by atoms with Crippen LogP contribution in [-0.4, -0.2) is 15.3 Å². The molecule has 0 aliphatic carbocycles. The number of nitrogens with zero attached hydrogens (tertiary/aromatic N) is 1. The lowest BCUT2D eigenvalue weighted by Crippen LogP contribution is -1.88. The second-order valence-electron chi connectivity index (χ2n) is 3.04. The molecular weight excluding hydrogens is 178 g/mol. The summed E-state index contributed by atoms with van der Waals surface area (Å²) in [7, 11) is 0. The maximum atomic E-state index is 8.58. The Morgan fingerprint density at radius 2 is 2.36 bits per heavy atom. The molecule has 2 rings (SSSR count). The van der Waals surface area contributed by atoms with E-state index in [0.29, 0.717) is 12.2 Å². The monoisotopic (exact) mass is 189 g/mol. The van der Waals surface area contributed by atoms with E-state index in [-0.39, 0.29) is 0 Å². The molecule has 4 N–H and O–H groups in total. The highest BCUT2D eigenvalue weighted by Gasteiger charge is 2.05. The first kappa shape index (κ1) is 8.62. The van der Waals surface area contributed by atoms with Gasteiger partial charge in [0.05, 0.1) is 11.8 Å². The Bertz CT molecular complexity index is 473. The molecule has 1 aromatic heterocycles. The van der Waals surface area contributed by atoms with Crippen molar-refractivity contribution in [3.05, 3.63) is 36.1 Å². The van der Waals surface area contributed by atoms with Gasteiger partial charge in [0.15, 0.2) is 5.82 Å². The molecule has 0 atom stereocenters. The molecule has 0 unspecified atom stereocenters. The van der Waals surface area contributed by atoms with Gasteiger partial charge in [0.2, 0.25) is 0 Å². The number of aliphatic hydroxyl groups excluding tert-OH is 1. The van der Waals surface area contributed by atoms with Gasteiger partial charge in [-0.25, -0.2) is 0 Å². The molecule has 0 radical (unpaired) electrons. The molecule has 0 saturated heterocycles. The topological polar surface area (TPSA) is 74.9 Å². The molecule has 14 heavy (non-hydrogen) atoms. The summed E-state index contributed by atoms with van der Waals surface area (Å²) in [6, 6.07) is 5.82. The number of hydrogen-bond donors (Lipinski definition) is 3. The van der Waals surface area contributed by atoms with Crippen LogP contribution in [0.15, 0.2) is 30.5 Å². The molecule has 1 aromatic carbocycles. The van der Waals surface area contributed by atoms with Crippen molar-refractivity contribution in [1.82, 2.24) is 10.2 Å². The molecule has 2 aromatic rings. The van der Waals surface area contributed by atoms with E-state index in [4.69, 9.17) is 10.8 Å². The molecule has 4 nitrogen and oxygen atoms in total. The molecule has 0 fully saturated rings. The fourth-order valence-corrected chi connectivity index (χ4v) is 1.52. The summed E-state index contributed by atoms with van der Waals surface area (Å²) in [5.41, 5.74) is 7.70. The molecule has 72 valence electrons. The van der Waals surface area contributed by atoms with Crippen molar-refractivity contribution in [1.29, 1.82) is 0 Å². The quantitative estimate of drug-likeness (QED) is 0.630. The third-order valence-corrected chi connectivity index (χ3v) is 2.15. The highest BCUT2D eigenvalue weighted by Crippen LogP contribution is 2.22. The van der Waals surface area contributed by atoms with Crippen molar-refractivity contribution in [2.75, 3.05) is 5.73 Å². The lowest BCUT2D eigenvalue weighted by Gasteiger charge is -1.98. The SMILES string of the molecule is Nc1n[nH]c2cccc(CC=CO)c12. The lowest BCUT2D eigenvalue weighted by atomic mass is 10.1. The van der Waals surface area contributed by atoms with Gasteiger partial charge in [0.25, 0.3) is 0 Å². The summed E-state index contributed by atoms with van der Waals surface area (Å²) >= 11 is 0. The van der Waals surface area contributed by atoms with Gasteiger partial charge in [-0.3, -0.25) is 5.10 Å². The molecule has 0 aliphatic heterocycles. The summed E-state index contributed by atoms with van der Waals surface area (Å²) in [5, 5.41) is 16.3. The minimum Gasteiger partial charge on any atom is -0.516 e. The zero-order chi connectivity index (χ0) is 9.97. The van der Waals surface area contributed by atoms with E-state index < -0.39 is 0 Å². The number of H-pyrrole nitrogens is 1. The van der Waals surface area contributed by atoms with Crippen molar-refractivity contribution in [2.45, 2.75) is 6.42 Å². The van der Waals surface area contributed by atoms with Crippen LogP contribution in [0, 0.1) is 0 Å². The summed E-state index contributed by atoms with van der Waals surface area (Å²) in [5.74, 6) is 0.502. The number of nitrogens with one attached hydrogen (secondary N) is 1. The standard InChI is InChI=1S/C10H11N3O/c11-10-9-7(4-2-6-14)3-1-5-8(9)12-13-10/h1-3,5-6,14H,4H2,(H3,11,12,13). The van der Waals surface area contributed by atoms with Gasteiger partial charge >= 0.3 is 0 Å². The van der Waals surface area contributed by atoms with E-state index in [9.17, 15) is 0 Å². The van der Waals surface area contributed by atoms with Gasteiger partial charge in [0.1, 0.15) is 0 Å². The van der Waals surface area contributed by atoms with Crippen molar-refractivity contribution < 1.29 is 5.11 Å². The Hall–Kier alpha value is -1.97. The average molecular weight is 189 g/mol. The van der Waals surface area contributed by atoms with E-state index in [1.807, 2.05) is 18.2 Å². The number of aromatic nitrogens is 2. The Balaban J connectivity index is 2.57. The number of aliphatic hydroxyl groups is 1. The van der Waals surface area contributed by atoms with Crippen LogP contribution in [0.2, 0.25) is 0 Å². The Labute approximate surface area is 81.0 Å². The molecule has 0 aliphatic rings. The van der Waals surface area contributed by atoms with Gasteiger partial charge in [-0.2, -0.15) is 5.10 Å². The Morgan fingerprint density at radius 1 is 1.50 bits per heavy atom. The number of fused-ring (bicyclic) bond motifs is 1. The molecule has 0 spiro atoms. The summed E-state index contributed by atoms with van der Waals surface area (Å²) in [6.45, 7) is 0. The van der Waals surface area contributed by atoms with Gasteiger partial charge in [-0.05, 0) is 24.1 Å². The highest BCUT2D eigenvalue weighted by atomic mass is 16.2. The molecule has 0 amide bonds. The smallest absolute Gasteiger partial charge is 0.153 e. The van der Waals surface area contributed by atoms with Crippen molar-refractivity contribution >= 4 is 16.7 Å². The average Bonchev–Trinajstić information content (AvgIpc) is 2.58. The summed E-state index contributed by atoms with van der Waals surface area (Å²) in [4.78, 5) is 0. The Kier molecular flexibility index (Phi) is 2.10. The fourth-order valence-electron chi connectivity index (χ4n) is 1.52. The molecule has 4 heteroatoms. The Morgan fingerprint density at radius 3 is 3.14 bits per heavy atom. The van der Waals surface area contributed by atoms with E-state index in [0.717, 1.165) is 22.7 Å². The van der Waals surface area contributed by atoms with Gasteiger partial charge in [-0.1, -0.05) is 12.1 Å². The van der Waals surface area contributed by atoms with Crippen LogP contribution in [0.5, 0.6) is 0 Å². The van der Waals surface area contributed by atoms with E-state index >= 15 is 0 Å². The zero-order valence-electron chi connectivity index (χ0n) is 7.57. The molecule has 1 heterocycles. The number of hydrogen-bond acceptors (Lipinski definition) is 3. The third-order valence-electron chi connectivity index (χ3n) is 2.15. The number of nitrogens with two attached hydrogens (primary N) is 1. The van der Waals surface area contributed by atoms with Gasteiger partial charge in [-0.15, -0.1) is 0 Å². The number of rotatable bonds is 2. The van der Waals surface area contributed by atoms with Crippen LogP contribution >= 0.6 is 0 Å². The van der Waals surface area contributed by atoms with Crippen molar-refractivity contribution in [2.24, 2.45) is 0 Å². The molecule has 0 saturated carbocycles. The second kappa shape index (κ2) is 3.41. The minimum atomic E-state index is 0.502. The van der Waals surface area contributed by atoms with Crippen LogP contribution in [0.3, 0.4) is 0 Å². The van der Waals surface area contributed by atoms with E-state index in [1.54, 1.807) is 6.08 Å². The molecular formula is C10H11N3O. The molecule has 0 bridgehead atoms. The minimum absolute atomic E-state index is 0.502. The van der Waals surface area contributed by atoms with Gasteiger partial charge < -0.3 is 10.8 Å². The fraction of sp³-hybridized carbons (Fsp3) is 0.100. The van der Waals surface area contributed by atoms with E-state index in [2.05, 4.69) is 10.2 Å². The van der Waals surface area contributed by atoms with Crippen LogP contribution in [0.4, 0.5) is 5.82 Å². The van der Waals surface area contributed by atoms with Gasteiger partial charge in [0, 0.05) is 5.39 Å². The first-order valence-corrected chi connectivity index (χ1v) is 4.33. The van der Waals surface area contributed by atoms with Crippen molar-refractivity contribution in [3.8, 4) is 0 Å². The van der Waals surface area contributed by atoms with Crippen LogP contribution in [0.1, 0.15) is 5.56 Å².